The van der Waals surface area contributed by atoms with Crippen molar-refractivity contribution >= 4 is 17.2 Å². The first-order chi connectivity index (χ1) is 23.0. The zero-order chi connectivity index (χ0) is 34.3. The molecule has 1 aliphatic carbocycles. The predicted molar refractivity (Wildman–Crippen MR) is 196 cm³/mol. The van der Waals surface area contributed by atoms with Gasteiger partial charge in [0.2, 0.25) is 0 Å². The zero-order valence-electron chi connectivity index (χ0n) is 29.1. The van der Waals surface area contributed by atoms with Crippen LogP contribution < -0.4 is 10.6 Å². The molecule has 8 heteroatoms. The number of carbonyl (C=O) groups excluding carboxylic acids is 1. The van der Waals surface area contributed by atoms with Crippen LogP contribution in [0.5, 0.6) is 0 Å². The standard InChI is InChI=1S/C40H52N4O3S/c1-6-7-27-8-12-29(13-9-27)30-16-18-31(19-17-30)33-23-42-37(43-24-33)32-14-10-28(11-15-32)22-34(25-41-26(2)39(46)47)44-38(45)35-20-21-36(48-35)40(3,4)5/h10-11,14-21,23-24,26-27,29,34,39,41,46-47H,6-9,12-13,22,25H2,1-5H3,(H,44,45)/t26-,27-,29-,34+/m1/s1. The first-order valence-corrected chi connectivity index (χ1v) is 18.3. The van der Waals surface area contributed by atoms with Crippen LogP contribution in [0.3, 0.4) is 0 Å². The fraction of sp³-hybridized carbons (Fsp3) is 0.475. The molecule has 2 atom stereocenters. The van der Waals surface area contributed by atoms with Crippen molar-refractivity contribution in [2.75, 3.05) is 6.54 Å². The second kappa shape index (κ2) is 16.3. The summed E-state index contributed by atoms with van der Waals surface area (Å²) in [6.45, 7) is 10.8. The van der Waals surface area contributed by atoms with E-state index in [2.05, 4.69) is 72.6 Å². The van der Waals surface area contributed by atoms with Crippen LogP contribution in [-0.4, -0.2) is 51.0 Å². The number of aromatic nitrogens is 2. The number of aliphatic hydroxyl groups is 2. The number of aliphatic hydroxyl groups excluding tert-OH is 1. The Hall–Kier alpha value is -3.43. The van der Waals surface area contributed by atoms with Crippen molar-refractivity contribution in [3.05, 3.63) is 93.9 Å². The summed E-state index contributed by atoms with van der Waals surface area (Å²) in [5.74, 6) is 2.13. The quantitative estimate of drug-likeness (QED) is 0.108. The highest BCUT2D eigenvalue weighted by Gasteiger charge is 2.23. The molecular weight excluding hydrogens is 617 g/mol. The maximum atomic E-state index is 13.2. The zero-order valence-corrected chi connectivity index (χ0v) is 29.9. The Bertz CT molecular complexity index is 1590. The minimum Gasteiger partial charge on any atom is -0.367 e. The van der Waals surface area contributed by atoms with E-state index in [0.29, 0.717) is 29.6 Å². The number of amides is 1. The first kappa shape index (κ1) is 35.9. The maximum Gasteiger partial charge on any atom is 0.261 e. The summed E-state index contributed by atoms with van der Waals surface area (Å²) in [5.41, 5.74) is 5.51. The third-order valence-corrected chi connectivity index (χ3v) is 11.2. The lowest BCUT2D eigenvalue weighted by molar-refractivity contribution is -0.0626. The Labute approximate surface area is 290 Å². The molecule has 0 radical (unpaired) electrons. The van der Waals surface area contributed by atoms with Gasteiger partial charge in [0.15, 0.2) is 12.1 Å². The van der Waals surface area contributed by atoms with E-state index in [1.807, 2.05) is 48.8 Å². The third-order valence-electron chi connectivity index (χ3n) is 9.64. The van der Waals surface area contributed by atoms with Gasteiger partial charge in [0.1, 0.15) is 0 Å². The molecule has 5 rings (SSSR count). The molecule has 1 aliphatic rings. The summed E-state index contributed by atoms with van der Waals surface area (Å²) in [6, 6.07) is 20.2. The third kappa shape index (κ3) is 9.59. The molecule has 0 aliphatic heterocycles. The molecule has 0 spiro atoms. The number of nitrogens with zero attached hydrogens (tertiary/aromatic N) is 2. The van der Waals surface area contributed by atoms with Gasteiger partial charge in [0.05, 0.1) is 10.9 Å². The van der Waals surface area contributed by atoms with E-state index >= 15 is 0 Å². The van der Waals surface area contributed by atoms with Crippen LogP contribution in [0.4, 0.5) is 0 Å². The predicted octanol–water partition coefficient (Wildman–Crippen LogP) is 7.87. The van der Waals surface area contributed by atoms with Crippen LogP contribution in [0.2, 0.25) is 0 Å². The van der Waals surface area contributed by atoms with Crippen LogP contribution >= 0.6 is 11.3 Å². The SMILES string of the molecule is CCC[C@H]1CC[C@H](c2ccc(-c3cnc(-c4ccc(C[C@@H](CN[C@H](C)C(O)O)NC(=O)c5ccc(C(C)(C)C)s5)cc4)nc3)cc2)CC1. The summed E-state index contributed by atoms with van der Waals surface area (Å²) in [4.78, 5) is 24.4. The average molecular weight is 669 g/mol. The van der Waals surface area contributed by atoms with Crippen molar-refractivity contribution in [1.29, 1.82) is 0 Å². The number of thiophene rings is 1. The maximum absolute atomic E-state index is 13.2. The van der Waals surface area contributed by atoms with Crippen molar-refractivity contribution in [3.63, 3.8) is 0 Å². The normalized spacial score (nSPS) is 18.1. The number of hydrogen-bond donors (Lipinski definition) is 4. The molecule has 4 aromatic rings. The molecule has 0 saturated heterocycles. The molecule has 1 saturated carbocycles. The van der Waals surface area contributed by atoms with E-state index in [-0.39, 0.29) is 17.4 Å². The lowest BCUT2D eigenvalue weighted by Crippen LogP contribution is -2.48. The minimum absolute atomic E-state index is 0.0269. The van der Waals surface area contributed by atoms with Gasteiger partial charge in [-0.3, -0.25) is 4.79 Å². The van der Waals surface area contributed by atoms with Crippen LogP contribution in [0.1, 0.15) is 105 Å². The minimum atomic E-state index is -1.49. The lowest BCUT2D eigenvalue weighted by Gasteiger charge is -2.28. The second-order valence-corrected chi connectivity index (χ2v) is 15.6. The Morgan fingerprint density at radius 1 is 0.896 bits per heavy atom. The van der Waals surface area contributed by atoms with E-state index in [0.717, 1.165) is 33.0 Å². The van der Waals surface area contributed by atoms with E-state index < -0.39 is 12.3 Å². The number of benzene rings is 2. The second-order valence-electron chi connectivity index (χ2n) is 14.5. The van der Waals surface area contributed by atoms with Crippen molar-refractivity contribution in [2.45, 2.75) is 109 Å². The lowest BCUT2D eigenvalue weighted by atomic mass is 9.77. The summed E-state index contributed by atoms with van der Waals surface area (Å²) in [6.07, 6.45) is 10.8. The topological polar surface area (TPSA) is 107 Å². The van der Waals surface area contributed by atoms with Crippen molar-refractivity contribution in [2.24, 2.45) is 5.92 Å². The largest absolute Gasteiger partial charge is 0.367 e. The molecule has 2 aromatic carbocycles. The van der Waals surface area contributed by atoms with Gasteiger partial charge in [-0.05, 0) is 85.1 Å². The molecule has 2 aromatic heterocycles. The molecule has 7 nitrogen and oxygen atoms in total. The molecule has 48 heavy (non-hydrogen) atoms. The highest BCUT2D eigenvalue weighted by Crippen LogP contribution is 2.38. The van der Waals surface area contributed by atoms with Crippen molar-refractivity contribution in [1.82, 2.24) is 20.6 Å². The number of nitrogens with one attached hydrogen (secondary N) is 2. The Kier molecular flexibility index (Phi) is 12.2. The number of rotatable bonds is 13. The number of hydrogen-bond acceptors (Lipinski definition) is 7. The first-order valence-electron chi connectivity index (χ1n) is 17.5. The van der Waals surface area contributed by atoms with Gasteiger partial charge in [-0.2, -0.15) is 0 Å². The van der Waals surface area contributed by atoms with Gasteiger partial charge in [-0.25, -0.2) is 9.97 Å². The van der Waals surface area contributed by atoms with E-state index in [1.165, 1.54) is 55.4 Å². The fourth-order valence-corrected chi connectivity index (χ4v) is 7.54. The molecular formula is C40H52N4O3S. The number of carbonyl (C=O) groups is 1. The van der Waals surface area contributed by atoms with Crippen LogP contribution in [0, 0.1) is 5.92 Å². The van der Waals surface area contributed by atoms with Gasteiger partial charge in [-0.1, -0.05) is 89.1 Å². The van der Waals surface area contributed by atoms with Crippen molar-refractivity contribution in [3.8, 4) is 22.5 Å². The smallest absolute Gasteiger partial charge is 0.261 e. The highest BCUT2D eigenvalue weighted by molar-refractivity contribution is 7.14. The molecule has 0 unspecified atom stereocenters. The molecule has 0 bridgehead atoms. The molecule has 4 N–H and O–H groups in total. The van der Waals surface area contributed by atoms with Gasteiger partial charge >= 0.3 is 0 Å². The molecule has 2 heterocycles. The van der Waals surface area contributed by atoms with Gasteiger partial charge < -0.3 is 20.8 Å². The summed E-state index contributed by atoms with van der Waals surface area (Å²) in [7, 11) is 0. The van der Waals surface area contributed by atoms with E-state index in [4.69, 9.17) is 0 Å². The molecule has 256 valence electrons. The van der Waals surface area contributed by atoms with Gasteiger partial charge in [0.25, 0.3) is 5.91 Å². The molecule has 1 fully saturated rings. The Morgan fingerprint density at radius 2 is 1.54 bits per heavy atom. The Balaban J connectivity index is 1.21. The van der Waals surface area contributed by atoms with Gasteiger partial charge in [0, 0.05) is 41.0 Å². The average Bonchev–Trinajstić information content (AvgIpc) is 3.60. The van der Waals surface area contributed by atoms with Crippen LogP contribution in [-0.2, 0) is 11.8 Å². The summed E-state index contributed by atoms with van der Waals surface area (Å²) < 4.78 is 0. The van der Waals surface area contributed by atoms with E-state index in [1.54, 1.807) is 6.92 Å². The summed E-state index contributed by atoms with van der Waals surface area (Å²) >= 11 is 1.51. The van der Waals surface area contributed by atoms with Crippen LogP contribution in [0.15, 0.2) is 73.1 Å². The highest BCUT2D eigenvalue weighted by atomic mass is 32.1. The van der Waals surface area contributed by atoms with E-state index in [9.17, 15) is 15.0 Å². The summed E-state index contributed by atoms with van der Waals surface area (Å²) in [5, 5.41) is 25.4. The van der Waals surface area contributed by atoms with Crippen molar-refractivity contribution < 1.29 is 15.0 Å². The monoisotopic (exact) mass is 668 g/mol. The fourth-order valence-electron chi connectivity index (χ4n) is 6.57. The van der Waals surface area contributed by atoms with Crippen LogP contribution in [0.25, 0.3) is 22.5 Å². The van der Waals surface area contributed by atoms with Gasteiger partial charge in [-0.15, -0.1) is 11.3 Å². The Morgan fingerprint density at radius 3 is 2.12 bits per heavy atom. The molecule has 1 amide bonds.